The summed E-state index contributed by atoms with van der Waals surface area (Å²) in [5.74, 6) is 3.68. The normalized spacial score (nSPS) is 25.1. The lowest BCUT2D eigenvalue weighted by atomic mass is 10.3. The zero-order valence-corrected chi connectivity index (χ0v) is 11.5. The summed E-state index contributed by atoms with van der Waals surface area (Å²) in [5, 5.41) is 1.25. The van der Waals surface area contributed by atoms with E-state index in [0.717, 1.165) is 24.7 Å². The van der Waals surface area contributed by atoms with Crippen LogP contribution in [0.15, 0.2) is 6.07 Å². The van der Waals surface area contributed by atoms with Gasteiger partial charge in [0.15, 0.2) is 0 Å². The van der Waals surface area contributed by atoms with Gasteiger partial charge in [0.05, 0.1) is 0 Å². The third-order valence-corrected chi connectivity index (χ3v) is 4.54. The second kappa shape index (κ2) is 4.65. The lowest BCUT2D eigenvalue weighted by molar-refractivity contribution is 0.759. The fourth-order valence-electron chi connectivity index (χ4n) is 2.14. The highest BCUT2D eigenvalue weighted by molar-refractivity contribution is 8.00. The Morgan fingerprint density at radius 2 is 2.24 bits per heavy atom. The minimum absolute atomic E-state index is 0.559. The maximum atomic E-state index is 6.09. The van der Waals surface area contributed by atoms with Crippen molar-refractivity contribution in [3.8, 4) is 0 Å². The first kappa shape index (κ1) is 11.6. The minimum atomic E-state index is 0.559. The molecular weight excluding hydrogens is 254 g/mol. The highest BCUT2D eigenvalue weighted by Crippen LogP contribution is 2.39. The molecule has 92 valence electrons. The van der Waals surface area contributed by atoms with Gasteiger partial charge in [-0.15, -0.1) is 0 Å². The molecule has 5 heteroatoms. The number of thioether (sulfide) groups is 1. The van der Waals surface area contributed by atoms with Crippen molar-refractivity contribution >= 4 is 29.2 Å². The van der Waals surface area contributed by atoms with Crippen molar-refractivity contribution in [1.29, 1.82) is 0 Å². The molecule has 0 amide bonds. The Hall–Kier alpha value is -0.480. The van der Waals surface area contributed by atoms with Crippen LogP contribution in [0, 0.1) is 0 Å². The third-order valence-electron chi connectivity index (χ3n) is 3.21. The van der Waals surface area contributed by atoms with Gasteiger partial charge >= 0.3 is 0 Å². The Morgan fingerprint density at radius 1 is 1.41 bits per heavy atom. The van der Waals surface area contributed by atoms with E-state index in [1.165, 1.54) is 18.6 Å². The minimum Gasteiger partial charge on any atom is -0.355 e. The van der Waals surface area contributed by atoms with Crippen LogP contribution in [-0.4, -0.2) is 34.1 Å². The van der Waals surface area contributed by atoms with Gasteiger partial charge in [-0.3, -0.25) is 0 Å². The number of aromatic nitrogens is 2. The maximum absolute atomic E-state index is 6.09. The molecule has 3 rings (SSSR count). The maximum Gasteiger partial charge on any atom is 0.135 e. The zero-order chi connectivity index (χ0) is 11.8. The van der Waals surface area contributed by atoms with E-state index in [0.29, 0.717) is 16.3 Å². The highest BCUT2D eigenvalue weighted by Gasteiger charge is 2.28. The molecule has 1 aromatic rings. The van der Waals surface area contributed by atoms with Crippen molar-refractivity contribution in [2.24, 2.45) is 0 Å². The number of anilines is 1. The average Bonchev–Trinajstić information content (AvgIpc) is 3.12. The van der Waals surface area contributed by atoms with Crippen LogP contribution in [0.1, 0.15) is 31.5 Å². The fraction of sp³-hybridized carbons (Fsp3) is 0.667. The molecule has 1 aromatic heterocycles. The largest absolute Gasteiger partial charge is 0.355 e. The fourth-order valence-corrected chi connectivity index (χ4v) is 3.33. The zero-order valence-electron chi connectivity index (χ0n) is 9.90. The van der Waals surface area contributed by atoms with E-state index in [9.17, 15) is 0 Å². The van der Waals surface area contributed by atoms with Crippen LogP contribution < -0.4 is 4.90 Å². The molecule has 0 radical (unpaired) electrons. The van der Waals surface area contributed by atoms with E-state index in [2.05, 4.69) is 21.8 Å². The molecule has 17 heavy (non-hydrogen) atoms. The van der Waals surface area contributed by atoms with Gasteiger partial charge < -0.3 is 4.90 Å². The molecule has 0 bridgehead atoms. The smallest absolute Gasteiger partial charge is 0.135 e. The monoisotopic (exact) mass is 269 g/mol. The summed E-state index contributed by atoms with van der Waals surface area (Å²) in [6, 6.07) is 1.90. The van der Waals surface area contributed by atoms with Gasteiger partial charge in [0.1, 0.15) is 16.8 Å². The van der Waals surface area contributed by atoms with Gasteiger partial charge in [-0.05, 0) is 12.8 Å². The quantitative estimate of drug-likeness (QED) is 0.772. The highest BCUT2D eigenvalue weighted by atomic mass is 35.5. The van der Waals surface area contributed by atoms with E-state index in [-0.39, 0.29) is 0 Å². The summed E-state index contributed by atoms with van der Waals surface area (Å²) in [6.07, 6.45) is 2.43. The van der Waals surface area contributed by atoms with E-state index in [1.807, 2.05) is 17.8 Å². The van der Waals surface area contributed by atoms with Crippen LogP contribution in [0.4, 0.5) is 5.82 Å². The summed E-state index contributed by atoms with van der Waals surface area (Å²) < 4.78 is 0. The van der Waals surface area contributed by atoms with Crippen molar-refractivity contribution in [3.63, 3.8) is 0 Å². The first-order chi connectivity index (χ1) is 8.22. The van der Waals surface area contributed by atoms with Crippen LogP contribution in [0.25, 0.3) is 0 Å². The Balaban J connectivity index is 1.85. The van der Waals surface area contributed by atoms with Gasteiger partial charge in [-0.2, -0.15) is 11.8 Å². The summed E-state index contributed by atoms with van der Waals surface area (Å²) >= 11 is 8.12. The van der Waals surface area contributed by atoms with Gasteiger partial charge in [0.2, 0.25) is 0 Å². The van der Waals surface area contributed by atoms with Crippen LogP contribution >= 0.6 is 23.4 Å². The molecule has 1 saturated carbocycles. The van der Waals surface area contributed by atoms with Crippen LogP contribution in [-0.2, 0) is 0 Å². The predicted octanol–water partition coefficient (Wildman–Crippen LogP) is 2.95. The molecule has 3 nitrogen and oxygen atoms in total. The molecular formula is C12H16ClN3S. The van der Waals surface area contributed by atoms with E-state index < -0.39 is 0 Å². The standard InChI is InChI=1S/C12H16ClN3S/c1-8-7-16(4-5-17-8)11-6-10(13)14-12(15-11)9-2-3-9/h6,8-9H,2-5,7H2,1H3. The number of nitrogens with zero attached hydrogens (tertiary/aromatic N) is 3. The molecule has 0 N–H and O–H groups in total. The first-order valence-electron chi connectivity index (χ1n) is 6.13. The molecule has 1 unspecified atom stereocenters. The Kier molecular flexibility index (Phi) is 3.17. The lowest BCUT2D eigenvalue weighted by Gasteiger charge is -2.31. The molecule has 2 heterocycles. The Labute approximate surface area is 111 Å². The molecule has 2 aliphatic rings. The SMILES string of the molecule is CC1CN(c2cc(Cl)nc(C3CC3)n2)CCS1. The van der Waals surface area contributed by atoms with Crippen LogP contribution in [0.2, 0.25) is 5.15 Å². The van der Waals surface area contributed by atoms with Gasteiger partial charge in [0.25, 0.3) is 0 Å². The van der Waals surface area contributed by atoms with Crippen LogP contribution in [0.3, 0.4) is 0 Å². The number of hydrogen-bond donors (Lipinski definition) is 0. The van der Waals surface area contributed by atoms with Crippen molar-refractivity contribution in [2.45, 2.75) is 30.9 Å². The van der Waals surface area contributed by atoms with Crippen molar-refractivity contribution in [3.05, 3.63) is 17.0 Å². The summed E-state index contributed by atoms with van der Waals surface area (Å²) in [4.78, 5) is 11.3. The predicted molar refractivity (Wildman–Crippen MR) is 73.2 cm³/mol. The van der Waals surface area contributed by atoms with E-state index >= 15 is 0 Å². The number of halogens is 1. The Morgan fingerprint density at radius 3 is 2.94 bits per heavy atom. The average molecular weight is 270 g/mol. The van der Waals surface area contributed by atoms with Crippen molar-refractivity contribution in [2.75, 3.05) is 23.7 Å². The number of rotatable bonds is 2. The Bertz CT molecular complexity index is 422. The molecule has 1 saturated heterocycles. The van der Waals surface area contributed by atoms with Crippen molar-refractivity contribution in [1.82, 2.24) is 9.97 Å². The summed E-state index contributed by atoms with van der Waals surface area (Å²) in [7, 11) is 0. The van der Waals surface area contributed by atoms with Crippen molar-refractivity contribution < 1.29 is 0 Å². The molecule has 1 aliphatic heterocycles. The van der Waals surface area contributed by atoms with E-state index in [1.54, 1.807) is 0 Å². The molecule has 0 spiro atoms. The van der Waals surface area contributed by atoms with Gasteiger partial charge in [-0.1, -0.05) is 18.5 Å². The molecule has 2 fully saturated rings. The second-order valence-electron chi connectivity index (χ2n) is 4.81. The number of hydrogen-bond acceptors (Lipinski definition) is 4. The van der Waals surface area contributed by atoms with Crippen LogP contribution in [0.5, 0.6) is 0 Å². The topological polar surface area (TPSA) is 29.0 Å². The third kappa shape index (κ3) is 2.68. The second-order valence-corrected chi connectivity index (χ2v) is 6.74. The molecule has 0 aromatic carbocycles. The summed E-state index contributed by atoms with van der Waals surface area (Å²) in [5.41, 5.74) is 0. The van der Waals surface area contributed by atoms with Gasteiger partial charge in [-0.25, -0.2) is 9.97 Å². The van der Waals surface area contributed by atoms with E-state index in [4.69, 9.17) is 11.6 Å². The summed E-state index contributed by atoms with van der Waals surface area (Å²) in [6.45, 7) is 4.38. The molecule has 1 aliphatic carbocycles. The van der Waals surface area contributed by atoms with Gasteiger partial charge in [0, 0.05) is 36.1 Å². The molecule has 1 atom stereocenters. The first-order valence-corrected chi connectivity index (χ1v) is 7.56. The lowest BCUT2D eigenvalue weighted by Crippen LogP contribution is -2.37.